The molecule has 1 atom stereocenters. The predicted molar refractivity (Wildman–Crippen MR) is 71.8 cm³/mol. The topological polar surface area (TPSA) is 35.6 Å². The predicted octanol–water partition coefficient (Wildman–Crippen LogP) is 0.918. The lowest BCUT2D eigenvalue weighted by atomic mass is 10.0. The van der Waals surface area contributed by atoms with E-state index in [0.29, 0.717) is 0 Å². The lowest BCUT2D eigenvalue weighted by Crippen LogP contribution is -2.47. The van der Waals surface area contributed by atoms with Crippen molar-refractivity contribution in [2.24, 2.45) is 0 Å². The summed E-state index contributed by atoms with van der Waals surface area (Å²) in [5, 5.41) is 3.33. The molecule has 0 spiro atoms. The van der Waals surface area contributed by atoms with Gasteiger partial charge in [0.15, 0.2) is 0 Å². The fourth-order valence-corrected chi connectivity index (χ4v) is 3.08. The summed E-state index contributed by atoms with van der Waals surface area (Å²) in [6.07, 6.45) is 0. The normalized spacial score (nSPS) is 24.4. The first-order chi connectivity index (χ1) is 8.70. The number of benzene rings is 1. The molecule has 0 aromatic heterocycles. The summed E-state index contributed by atoms with van der Waals surface area (Å²) in [6.45, 7) is 5.89. The van der Waals surface area contributed by atoms with Crippen molar-refractivity contribution in [2.75, 3.05) is 38.1 Å². The van der Waals surface area contributed by atoms with Crippen LogP contribution in [0.25, 0.3) is 0 Å². The van der Waals surface area contributed by atoms with Gasteiger partial charge in [0.2, 0.25) is 5.91 Å². The van der Waals surface area contributed by atoms with E-state index in [1.165, 1.54) is 11.1 Å². The van der Waals surface area contributed by atoms with Gasteiger partial charge in [-0.2, -0.15) is 0 Å². The Labute approximate surface area is 108 Å². The molecule has 1 unspecified atom stereocenters. The van der Waals surface area contributed by atoms with Gasteiger partial charge in [-0.1, -0.05) is 18.2 Å². The number of hydrogen-bond donors (Lipinski definition) is 1. The highest BCUT2D eigenvalue weighted by Crippen LogP contribution is 2.40. The van der Waals surface area contributed by atoms with Gasteiger partial charge >= 0.3 is 0 Å². The van der Waals surface area contributed by atoms with Gasteiger partial charge in [-0.15, -0.1) is 0 Å². The molecule has 2 heterocycles. The molecule has 18 heavy (non-hydrogen) atoms. The maximum atomic E-state index is 12.5. The third-order valence-corrected chi connectivity index (χ3v) is 3.98. The van der Waals surface area contributed by atoms with Crippen molar-refractivity contribution in [1.82, 2.24) is 10.2 Å². The molecule has 2 aliphatic heterocycles. The molecule has 0 bridgehead atoms. The first kappa shape index (κ1) is 11.7. The van der Waals surface area contributed by atoms with Crippen LogP contribution in [0.15, 0.2) is 18.2 Å². The highest BCUT2D eigenvalue weighted by Gasteiger charge is 2.39. The summed E-state index contributed by atoms with van der Waals surface area (Å²) >= 11 is 0. The van der Waals surface area contributed by atoms with Crippen LogP contribution in [0.4, 0.5) is 5.69 Å². The first-order valence-corrected chi connectivity index (χ1v) is 6.52. The third-order valence-electron chi connectivity index (χ3n) is 3.98. The summed E-state index contributed by atoms with van der Waals surface area (Å²) in [5.74, 6) is 0.209. The Morgan fingerprint density at radius 3 is 2.72 bits per heavy atom. The molecule has 4 heteroatoms. The monoisotopic (exact) mass is 245 g/mol. The number of rotatable bonds is 1. The van der Waals surface area contributed by atoms with E-state index in [1.54, 1.807) is 0 Å². The molecule has 1 aromatic rings. The quantitative estimate of drug-likeness (QED) is 0.799. The first-order valence-electron chi connectivity index (χ1n) is 6.52. The Balaban J connectivity index is 2.01. The molecule has 1 amide bonds. The molecule has 0 saturated carbocycles. The van der Waals surface area contributed by atoms with Crippen LogP contribution in [0.3, 0.4) is 0 Å². The number of aryl methyl sites for hydroxylation is 1. The Hall–Kier alpha value is -1.39. The summed E-state index contributed by atoms with van der Waals surface area (Å²) < 4.78 is 0. The van der Waals surface area contributed by atoms with E-state index >= 15 is 0 Å². The number of fused-ring (bicyclic) bond motifs is 1. The van der Waals surface area contributed by atoms with Crippen molar-refractivity contribution < 1.29 is 4.79 Å². The number of amides is 1. The summed E-state index contributed by atoms with van der Waals surface area (Å²) in [5.41, 5.74) is 3.46. The van der Waals surface area contributed by atoms with E-state index in [1.807, 2.05) is 11.9 Å². The van der Waals surface area contributed by atoms with Crippen LogP contribution >= 0.6 is 0 Å². The van der Waals surface area contributed by atoms with Crippen molar-refractivity contribution in [3.63, 3.8) is 0 Å². The van der Waals surface area contributed by atoms with Gasteiger partial charge < -0.3 is 10.2 Å². The largest absolute Gasteiger partial charge is 0.314 e. The smallest absolute Gasteiger partial charge is 0.248 e. The molecule has 3 rings (SSSR count). The van der Waals surface area contributed by atoms with Gasteiger partial charge in [-0.05, 0) is 12.5 Å². The molecule has 4 nitrogen and oxygen atoms in total. The molecule has 0 aliphatic carbocycles. The van der Waals surface area contributed by atoms with E-state index in [9.17, 15) is 4.79 Å². The van der Waals surface area contributed by atoms with E-state index < -0.39 is 0 Å². The average molecular weight is 245 g/mol. The number of anilines is 1. The number of carbonyl (C=O) groups is 1. The number of nitrogens with one attached hydrogen (secondary N) is 1. The summed E-state index contributed by atoms with van der Waals surface area (Å²) in [7, 11) is 1.89. The zero-order chi connectivity index (χ0) is 12.7. The lowest BCUT2D eigenvalue weighted by Gasteiger charge is -2.31. The fourth-order valence-electron chi connectivity index (χ4n) is 3.08. The van der Waals surface area contributed by atoms with Crippen LogP contribution < -0.4 is 10.2 Å². The van der Waals surface area contributed by atoms with Crippen molar-refractivity contribution in [2.45, 2.75) is 13.0 Å². The molecular formula is C14H19N3O. The Kier molecular flexibility index (Phi) is 2.84. The van der Waals surface area contributed by atoms with Gasteiger partial charge in [0.25, 0.3) is 0 Å². The average Bonchev–Trinajstić information content (AvgIpc) is 2.64. The standard InChI is InChI=1S/C14H19N3O/c1-10-4-3-5-11-12(10)16(2)14(18)13(11)17-8-6-15-7-9-17/h3-5,13,15H,6-9H2,1-2H3. The number of likely N-dealkylation sites (N-methyl/N-ethyl adjacent to an activating group) is 1. The number of hydrogen-bond acceptors (Lipinski definition) is 3. The van der Waals surface area contributed by atoms with E-state index in [0.717, 1.165) is 31.9 Å². The van der Waals surface area contributed by atoms with E-state index in [-0.39, 0.29) is 11.9 Å². The summed E-state index contributed by atoms with van der Waals surface area (Å²) in [6, 6.07) is 6.14. The lowest BCUT2D eigenvalue weighted by molar-refractivity contribution is -0.123. The van der Waals surface area contributed by atoms with Crippen molar-refractivity contribution in [1.29, 1.82) is 0 Å². The summed E-state index contributed by atoms with van der Waals surface area (Å²) in [4.78, 5) is 16.6. The second kappa shape index (κ2) is 4.37. The number of carbonyl (C=O) groups excluding carboxylic acids is 1. The number of para-hydroxylation sites is 1. The second-order valence-electron chi connectivity index (χ2n) is 5.10. The zero-order valence-corrected chi connectivity index (χ0v) is 10.9. The molecule has 1 fully saturated rings. The van der Waals surface area contributed by atoms with E-state index in [2.05, 4.69) is 35.3 Å². The van der Waals surface area contributed by atoms with Gasteiger partial charge in [-0.3, -0.25) is 9.69 Å². The molecule has 0 radical (unpaired) electrons. The highest BCUT2D eigenvalue weighted by atomic mass is 16.2. The van der Waals surface area contributed by atoms with Gasteiger partial charge in [-0.25, -0.2) is 0 Å². The third kappa shape index (κ3) is 1.64. The maximum absolute atomic E-state index is 12.5. The molecule has 96 valence electrons. The molecule has 1 saturated heterocycles. The SMILES string of the molecule is Cc1cccc2c1N(C)C(=O)C2N1CCNCC1. The number of nitrogens with zero attached hydrogens (tertiary/aromatic N) is 2. The maximum Gasteiger partial charge on any atom is 0.248 e. The van der Waals surface area contributed by atoms with Crippen molar-refractivity contribution >= 4 is 11.6 Å². The second-order valence-corrected chi connectivity index (χ2v) is 5.10. The van der Waals surface area contributed by atoms with Crippen LogP contribution in [-0.4, -0.2) is 44.0 Å². The van der Waals surface area contributed by atoms with Crippen LogP contribution in [0.1, 0.15) is 17.2 Å². The molecule has 1 aromatic carbocycles. The Bertz CT molecular complexity index is 480. The van der Waals surface area contributed by atoms with Gasteiger partial charge in [0.05, 0.1) is 5.69 Å². The van der Waals surface area contributed by atoms with Crippen LogP contribution in [-0.2, 0) is 4.79 Å². The minimum Gasteiger partial charge on any atom is -0.314 e. The van der Waals surface area contributed by atoms with Gasteiger partial charge in [0.1, 0.15) is 6.04 Å². The Morgan fingerprint density at radius 2 is 2.00 bits per heavy atom. The molecular weight excluding hydrogens is 226 g/mol. The highest BCUT2D eigenvalue weighted by molar-refractivity contribution is 6.05. The minimum atomic E-state index is -0.0769. The number of piperazine rings is 1. The van der Waals surface area contributed by atoms with Gasteiger partial charge in [0, 0.05) is 38.8 Å². The molecule has 1 N–H and O–H groups in total. The van der Waals surface area contributed by atoms with Crippen LogP contribution in [0.5, 0.6) is 0 Å². The van der Waals surface area contributed by atoms with E-state index in [4.69, 9.17) is 0 Å². The van der Waals surface area contributed by atoms with Crippen LogP contribution in [0, 0.1) is 6.92 Å². The molecule has 2 aliphatic rings. The van der Waals surface area contributed by atoms with Crippen molar-refractivity contribution in [3.8, 4) is 0 Å². The fraction of sp³-hybridized carbons (Fsp3) is 0.500. The Morgan fingerprint density at radius 1 is 1.28 bits per heavy atom. The van der Waals surface area contributed by atoms with Crippen molar-refractivity contribution in [3.05, 3.63) is 29.3 Å². The zero-order valence-electron chi connectivity index (χ0n) is 10.9. The minimum absolute atomic E-state index is 0.0769. The van der Waals surface area contributed by atoms with Crippen LogP contribution in [0.2, 0.25) is 0 Å².